The van der Waals surface area contributed by atoms with Crippen molar-refractivity contribution in [2.24, 2.45) is 0 Å². The monoisotopic (exact) mass is 540 g/mol. The van der Waals surface area contributed by atoms with Crippen LogP contribution in [0.3, 0.4) is 0 Å². The summed E-state index contributed by atoms with van der Waals surface area (Å²) < 4.78 is 39.9. The van der Waals surface area contributed by atoms with Gasteiger partial charge in [-0.25, -0.2) is 8.42 Å². The molecule has 1 N–H and O–H groups in total. The van der Waals surface area contributed by atoms with Gasteiger partial charge in [-0.1, -0.05) is 41.6 Å². The number of hydrogen-bond acceptors (Lipinski definition) is 9. The molecular weight excluding hydrogens is 520 g/mol. The van der Waals surface area contributed by atoms with Crippen molar-refractivity contribution in [3.8, 4) is 11.5 Å². The maximum absolute atomic E-state index is 13.5. The van der Waals surface area contributed by atoms with E-state index in [4.69, 9.17) is 21.1 Å². The SMILES string of the molecule is CCCSc1nnc(NC(=O)[C@H]2CN(S(=O)(=O)c3ccc(OC)cc3)c3cc(Cl)ccc3O2)s1. The highest BCUT2D eigenvalue weighted by Gasteiger charge is 2.38. The van der Waals surface area contributed by atoms with Crippen LogP contribution >= 0.6 is 34.7 Å². The molecule has 1 aliphatic rings. The van der Waals surface area contributed by atoms with Crippen molar-refractivity contribution in [2.75, 3.05) is 29.0 Å². The van der Waals surface area contributed by atoms with Gasteiger partial charge in [-0.05, 0) is 48.9 Å². The van der Waals surface area contributed by atoms with E-state index < -0.39 is 22.0 Å². The predicted octanol–water partition coefficient (Wildman–Crippen LogP) is 4.30. The fourth-order valence-electron chi connectivity index (χ4n) is 3.16. The number of nitrogens with zero attached hydrogens (tertiary/aromatic N) is 3. The van der Waals surface area contributed by atoms with E-state index in [0.717, 1.165) is 20.8 Å². The molecule has 9 nitrogen and oxygen atoms in total. The second-order valence-corrected chi connectivity index (χ2v) is 11.8. The number of carbonyl (C=O) groups is 1. The minimum atomic E-state index is -4.03. The molecule has 1 aliphatic heterocycles. The van der Waals surface area contributed by atoms with Gasteiger partial charge in [-0.3, -0.25) is 14.4 Å². The standard InChI is InChI=1S/C21H21ClN4O5S3/c1-3-10-32-21-25-24-20(33-21)23-19(27)18-12-26(16-11-13(22)4-9-17(16)31-18)34(28,29)15-7-5-14(30-2)6-8-15/h4-9,11,18H,3,10,12H2,1-2H3,(H,23,24,27)/t18-/m1/s1. The van der Waals surface area contributed by atoms with Crippen LogP contribution in [0.1, 0.15) is 13.3 Å². The Balaban J connectivity index is 1.61. The lowest BCUT2D eigenvalue weighted by atomic mass is 10.2. The Kier molecular flexibility index (Phi) is 7.51. The first-order chi connectivity index (χ1) is 16.3. The summed E-state index contributed by atoms with van der Waals surface area (Å²) in [6, 6.07) is 10.6. The zero-order valence-electron chi connectivity index (χ0n) is 18.2. The van der Waals surface area contributed by atoms with Gasteiger partial charge in [-0.2, -0.15) is 0 Å². The second-order valence-electron chi connectivity index (χ2n) is 7.14. The van der Waals surface area contributed by atoms with Crippen LogP contribution in [0, 0.1) is 0 Å². The number of thioether (sulfide) groups is 1. The summed E-state index contributed by atoms with van der Waals surface area (Å²) in [6.45, 7) is 1.82. The van der Waals surface area contributed by atoms with Gasteiger partial charge in [0.25, 0.3) is 15.9 Å². The van der Waals surface area contributed by atoms with Crippen LogP contribution in [-0.2, 0) is 14.8 Å². The third-order valence-corrected chi connectivity index (χ3v) is 9.00. The predicted molar refractivity (Wildman–Crippen MR) is 133 cm³/mol. The lowest BCUT2D eigenvalue weighted by molar-refractivity contribution is -0.122. The number of carbonyl (C=O) groups excluding carboxylic acids is 1. The number of ether oxygens (including phenoxy) is 2. The summed E-state index contributed by atoms with van der Waals surface area (Å²) in [5, 5.41) is 11.4. The summed E-state index contributed by atoms with van der Waals surface area (Å²) in [6.07, 6.45) is -0.124. The summed E-state index contributed by atoms with van der Waals surface area (Å²) in [7, 11) is -2.54. The summed E-state index contributed by atoms with van der Waals surface area (Å²) in [4.78, 5) is 13.0. The van der Waals surface area contributed by atoms with Crippen molar-refractivity contribution in [3.05, 3.63) is 47.5 Å². The first-order valence-corrected chi connectivity index (χ1v) is 13.8. The van der Waals surface area contributed by atoms with E-state index in [1.165, 1.54) is 42.7 Å². The molecule has 4 rings (SSSR count). The maximum Gasteiger partial charge on any atom is 0.269 e. The van der Waals surface area contributed by atoms with Crippen LogP contribution in [0.25, 0.3) is 0 Å². The molecule has 0 spiro atoms. The fourth-order valence-corrected chi connectivity index (χ4v) is 6.47. The van der Waals surface area contributed by atoms with Crippen LogP contribution in [0.4, 0.5) is 10.8 Å². The van der Waals surface area contributed by atoms with Crippen LogP contribution in [0.5, 0.6) is 11.5 Å². The summed E-state index contributed by atoms with van der Waals surface area (Å²) in [5.74, 6) is 1.12. The lowest BCUT2D eigenvalue weighted by Gasteiger charge is -2.34. The molecule has 0 fully saturated rings. The molecule has 180 valence electrons. The van der Waals surface area contributed by atoms with Gasteiger partial charge in [0.2, 0.25) is 5.13 Å². The average Bonchev–Trinajstić information content (AvgIpc) is 3.29. The van der Waals surface area contributed by atoms with Gasteiger partial charge in [-0.15, -0.1) is 10.2 Å². The second kappa shape index (κ2) is 10.4. The molecule has 0 aliphatic carbocycles. The van der Waals surface area contributed by atoms with Gasteiger partial charge in [0.1, 0.15) is 11.5 Å². The van der Waals surface area contributed by atoms with Crippen LogP contribution in [0.2, 0.25) is 5.02 Å². The molecule has 0 saturated heterocycles. The van der Waals surface area contributed by atoms with E-state index in [2.05, 4.69) is 22.4 Å². The van der Waals surface area contributed by atoms with E-state index >= 15 is 0 Å². The number of sulfonamides is 1. The van der Waals surface area contributed by atoms with Crippen molar-refractivity contribution < 1.29 is 22.7 Å². The molecule has 0 radical (unpaired) electrons. The quantitative estimate of drug-likeness (QED) is 0.332. The fraction of sp³-hybridized carbons (Fsp3) is 0.286. The number of rotatable bonds is 8. The number of amides is 1. The van der Waals surface area contributed by atoms with Crippen LogP contribution in [0.15, 0.2) is 51.7 Å². The molecule has 13 heteroatoms. The first kappa shape index (κ1) is 24.6. The lowest BCUT2D eigenvalue weighted by Crippen LogP contribution is -2.48. The van der Waals surface area contributed by atoms with Crippen molar-refractivity contribution in [1.82, 2.24) is 10.2 Å². The zero-order chi connectivity index (χ0) is 24.3. The molecule has 2 aromatic carbocycles. The minimum Gasteiger partial charge on any atom is -0.497 e. The number of benzene rings is 2. The Morgan fingerprint density at radius 3 is 2.76 bits per heavy atom. The van der Waals surface area contributed by atoms with E-state index in [9.17, 15) is 13.2 Å². The van der Waals surface area contributed by atoms with E-state index in [-0.39, 0.29) is 22.9 Å². The van der Waals surface area contributed by atoms with E-state index in [0.29, 0.717) is 15.9 Å². The molecule has 34 heavy (non-hydrogen) atoms. The molecule has 3 aromatic rings. The minimum absolute atomic E-state index is 0.0435. The molecule has 2 heterocycles. The largest absolute Gasteiger partial charge is 0.497 e. The van der Waals surface area contributed by atoms with Crippen molar-refractivity contribution in [1.29, 1.82) is 0 Å². The highest BCUT2D eigenvalue weighted by Crippen LogP contribution is 2.39. The van der Waals surface area contributed by atoms with Gasteiger partial charge in [0, 0.05) is 10.8 Å². The Labute approximate surface area is 210 Å². The zero-order valence-corrected chi connectivity index (χ0v) is 21.4. The number of hydrogen-bond donors (Lipinski definition) is 1. The first-order valence-electron chi connectivity index (χ1n) is 10.2. The van der Waals surface area contributed by atoms with Gasteiger partial charge < -0.3 is 9.47 Å². The van der Waals surface area contributed by atoms with E-state index in [1.807, 2.05) is 0 Å². The number of halogens is 1. The number of aromatic nitrogens is 2. The topological polar surface area (TPSA) is 111 Å². The molecule has 0 unspecified atom stereocenters. The Bertz CT molecular complexity index is 1280. The Morgan fingerprint density at radius 2 is 2.06 bits per heavy atom. The number of methoxy groups -OCH3 is 1. The smallest absolute Gasteiger partial charge is 0.269 e. The van der Waals surface area contributed by atoms with Crippen molar-refractivity contribution in [3.63, 3.8) is 0 Å². The maximum atomic E-state index is 13.5. The van der Waals surface area contributed by atoms with Gasteiger partial charge in [0.15, 0.2) is 10.4 Å². The summed E-state index contributed by atoms with van der Waals surface area (Å²) >= 11 is 8.94. The van der Waals surface area contributed by atoms with Crippen molar-refractivity contribution >= 4 is 61.4 Å². The molecule has 0 saturated carbocycles. The normalized spacial score (nSPS) is 15.4. The Hall–Kier alpha value is -2.54. The average molecular weight is 541 g/mol. The molecule has 1 atom stereocenters. The van der Waals surface area contributed by atoms with Crippen molar-refractivity contribution in [2.45, 2.75) is 28.7 Å². The molecule has 1 amide bonds. The van der Waals surface area contributed by atoms with E-state index in [1.54, 1.807) is 30.0 Å². The third-order valence-electron chi connectivity index (χ3n) is 4.80. The number of fused-ring (bicyclic) bond motifs is 1. The summed E-state index contributed by atoms with van der Waals surface area (Å²) in [5.41, 5.74) is 0.251. The molecular formula is C21H21ClN4O5S3. The van der Waals surface area contributed by atoms with Crippen LogP contribution in [-0.4, -0.2) is 50.0 Å². The van der Waals surface area contributed by atoms with Crippen LogP contribution < -0.4 is 19.1 Å². The number of anilines is 2. The third kappa shape index (κ3) is 5.24. The van der Waals surface area contributed by atoms with Gasteiger partial charge >= 0.3 is 0 Å². The Morgan fingerprint density at radius 1 is 1.29 bits per heavy atom. The molecule has 0 bridgehead atoms. The highest BCUT2D eigenvalue weighted by molar-refractivity contribution is 8.01. The number of nitrogens with one attached hydrogen (secondary N) is 1. The molecule has 1 aromatic heterocycles. The highest BCUT2D eigenvalue weighted by atomic mass is 35.5. The van der Waals surface area contributed by atoms with Gasteiger partial charge in [0.05, 0.1) is 24.2 Å².